The number of hydrogen-bond acceptors (Lipinski definition) is 2. The standard InChI is InChI=1S/C23H32O2Si/c1-23(2,3)26(21-12-6-4-7-13-21,22-14-8-5-9-15-22)25-18-20-17-19(20)11-10-16-24/h4-9,12-15,19-20,24H,10-11,16-18H2,1-3H3/t19-,20-/m1/s1. The molecule has 0 amide bonds. The van der Waals surface area contributed by atoms with Crippen LogP contribution >= 0.6 is 0 Å². The Hall–Kier alpha value is -1.42. The predicted octanol–water partition coefficient (Wildman–Crippen LogP) is 3.97. The van der Waals surface area contributed by atoms with Gasteiger partial charge in [0.1, 0.15) is 0 Å². The van der Waals surface area contributed by atoms with Gasteiger partial charge in [0.05, 0.1) is 0 Å². The van der Waals surface area contributed by atoms with Gasteiger partial charge in [0.25, 0.3) is 8.32 Å². The molecule has 0 unspecified atom stereocenters. The maximum atomic E-state index is 9.07. The molecule has 3 rings (SSSR count). The molecule has 1 aliphatic carbocycles. The molecule has 0 heterocycles. The summed E-state index contributed by atoms with van der Waals surface area (Å²) in [6, 6.07) is 21.7. The van der Waals surface area contributed by atoms with Crippen LogP contribution in [0.25, 0.3) is 0 Å². The minimum absolute atomic E-state index is 0.0468. The smallest absolute Gasteiger partial charge is 0.261 e. The molecule has 0 bridgehead atoms. The second-order valence-electron chi connectivity index (χ2n) is 8.60. The number of hydrogen-bond donors (Lipinski definition) is 1. The normalized spacial score (nSPS) is 20.2. The zero-order chi connectivity index (χ0) is 18.6. The van der Waals surface area contributed by atoms with E-state index < -0.39 is 8.32 Å². The monoisotopic (exact) mass is 368 g/mol. The summed E-state index contributed by atoms with van der Waals surface area (Å²) in [6.45, 7) is 8.13. The lowest BCUT2D eigenvalue weighted by molar-refractivity contribution is 0.261. The molecule has 0 aromatic heterocycles. The molecule has 2 atom stereocenters. The summed E-state index contributed by atoms with van der Waals surface area (Å²) in [4.78, 5) is 0. The van der Waals surface area contributed by atoms with Gasteiger partial charge in [-0.25, -0.2) is 0 Å². The lowest BCUT2D eigenvalue weighted by Gasteiger charge is -2.43. The minimum Gasteiger partial charge on any atom is -0.407 e. The van der Waals surface area contributed by atoms with Gasteiger partial charge >= 0.3 is 0 Å². The van der Waals surface area contributed by atoms with Crippen LogP contribution in [-0.4, -0.2) is 26.6 Å². The van der Waals surface area contributed by atoms with E-state index in [0.717, 1.165) is 25.4 Å². The second-order valence-corrected chi connectivity index (χ2v) is 12.9. The van der Waals surface area contributed by atoms with Gasteiger partial charge in [0.2, 0.25) is 0 Å². The average Bonchev–Trinajstić information content (AvgIpc) is 3.39. The summed E-state index contributed by atoms with van der Waals surface area (Å²) in [5, 5.41) is 11.8. The highest BCUT2D eigenvalue weighted by molar-refractivity contribution is 6.99. The molecule has 1 fully saturated rings. The maximum absolute atomic E-state index is 9.07. The van der Waals surface area contributed by atoms with Crippen LogP contribution in [0.1, 0.15) is 40.0 Å². The van der Waals surface area contributed by atoms with Crippen LogP contribution in [0.3, 0.4) is 0 Å². The molecule has 1 aliphatic rings. The summed E-state index contributed by atoms with van der Waals surface area (Å²) < 4.78 is 6.98. The Morgan fingerprint density at radius 1 is 0.923 bits per heavy atom. The highest BCUT2D eigenvalue weighted by Crippen LogP contribution is 2.44. The Labute approximate surface area is 159 Å². The van der Waals surface area contributed by atoms with Crippen molar-refractivity contribution in [2.45, 2.75) is 45.1 Å². The van der Waals surface area contributed by atoms with E-state index >= 15 is 0 Å². The van der Waals surface area contributed by atoms with Gasteiger partial charge in [0.15, 0.2) is 0 Å². The first kappa shape index (κ1) is 19.3. The molecule has 0 saturated heterocycles. The zero-order valence-electron chi connectivity index (χ0n) is 16.3. The van der Waals surface area contributed by atoms with Crippen LogP contribution in [0.5, 0.6) is 0 Å². The Morgan fingerprint density at radius 2 is 1.46 bits per heavy atom. The van der Waals surface area contributed by atoms with Crippen molar-refractivity contribution in [3.8, 4) is 0 Å². The lowest BCUT2D eigenvalue weighted by atomic mass is 10.2. The third-order valence-electron chi connectivity index (χ3n) is 5.73. The van der Waals surface area contributed by atoms with Crippen molar-refractivity contribution in [1.82, 2.24) is 0 Å². The molecule has 1 N–H and O–H groups in total. The summed E-state index contributed by atoms with van der Waals surface area (Å²) in [7, 11) is -2.38. The number of aliphatic hydroxyl groups is 1. The largest absolute Gasteiger partial charge is 0.407 e. The van der Waals surface area contributed by atoms with E-state index in [1.54, 1.807) is 0 Å². The second kappa shape index (κ2) is 8.08. The van der Waals surface area contributed by atoms with Crippen LogP contribution in [0.15, 0.2) is 60.7 Å². The molecule has 0 radical (unpaired) electrons. The molecular formula is C23H32O2Si. The van der Waals surface area contributed by atoms with Gasteiger partial charge in [-0.3, -0.25) is 0 Å². The van der Waals surface area contributed by atoms with E-state index in [1.807, 2.05) is 0 Å². The average molecular weight is 369 g/mol. The minimum atomic E-state index is -2.38. The molecule has 2 aromatic carbocycles. The van der Waals surface area contributed by atoms with Gasteiger partial charge in [0, 0.05) is 13.2 Å². The quantitative estimate of drug-likeness (QED) is 0.715. The Balaban J connectivity index is 1.91. The van der Waals surface area contributed by atoms with E-state index in [1.165, 1.54) is 16.8 Å². The van der Waals surface area contributed by atoms with Gasteiger partial charge in [-0.2, -0.15) is 0 Å². The van der Waals surface area contributed by atoms with E-state index in [2.05, 4.69) is 81.4 Å². The molecule has 2 nitrogen and oxygen atoms in total. The van der Waals surface area contributed by atoms with E-state index in [-0.39, 0.29) is 5.04 Å². The number of aliphatic hydroxyl groups excluding tert-OH is 1. The number of rotatable bonds is 8. The van der Waals surface area contributed by atoms with Crippen molar-refractivity contribution in [2.75, 3.05) is 13.2 Å². The van der Waals surface area contributed by atoms with Crippen molar-refractivity contribution in [1.29, 1.82) is 0 Å². The third kappa shape index (κ3) is 3.95. The van der Waals surface area contributed by atoms with E-state index in [0.29, 0.717) is 12.5 Å². The summed E-state index contributed by atoms with van der Waals surface area (Å²) in [6.07, 6.45) is 3.30. The van der Waals surface area contributed by atoms with Crippen LogP contribution in [0.4, 0.5) is 0 Å². The first-order chi connectivity index (χ1) is 12.5. The topological polar surface area (TPSA) is 29.5 Å². The first-order valence-corrected chi connectivity index (χ1v) is 11.8. The van der Waals surface area contributed by atoms with Crippen LogP contribution in [0.2, 0.25) is 5.04 Å². The van der Waals surface area contributed by atoms with Gasteiger partial charge in [-0.05, 0) is 46.5 Å². The molecule has 3 heteroatoms. The fourth-order valence-corrected chi connectivity index (χ4v) is 8.83. The van der Waals surface area contributed by atoms with Crippen LogP contribution < -0.4 is 10.4 Å². The molecular weight excluding hydrogens is 336 g/mol. The van der Waals surface area contributed by atoms with Crippen molar-refractivity contribution < 1.29 is 9.53 Å². The SMILES string of the molecule is CC(C)(C)[Si](OC[C@H]1C[C@H]1CCCO)(c1ccccc1)c1ccccc1. The molecule has 2 aromatic rings. The summed E-state index contributed by atoms with van der Waals surface area (Å²) in [5.41, 5.74) is 0. The highest BCUT2D eigenvalue weighted by Gasteiger charge is 2.51. The molecule has 26 heavy (non-hydrogen) atoms. The first-order valence-electron chi connectivity index (χ1n) is 9.85. The molecule has 0 aliphatic heterocycles. The summed E-state index contributed by atoms with van der Waals surface area (Å²) in [5.74, 6) is 1.39. The van der Waals surface area contributed by atoms with Crippen molar-refractivity contribution in [2.24, 2.45) is 11.8 Å². The number of benzene rings is 2. The summed E-state index contributed by atoms with van der Waals surface area (Å²) >= 11 is 0. The van der Waals surface area contributed by atoms with Gasteiger partial charge in [-0.1, -0.05) is 81.4 Å². The molecule has 0 spiro atoms. The molecule has 140 valence electrons. The fraction of sp³-hybridized carbons (Fsp3) is 0.478. The van der Waals surface area contributed by atoms with Crippen molar-refractivity contribution in [3.05, 3.63) is 60.7 Å². The third-order valence-corrected chi connectivity index (χ3v) is 10.7. The maximum Gasteiger partial charge on any atom is 0.261 e. The Bertz CT molecular complexity index is 639. The lowest BCUT2D eigenvalue weighted by Crippen LogP contribution is -2.66. The van der Waals surface area contributed by atoms with Crippen molar-refractivity contribution in [3.63, 3.8) is 0 Å². The van der Waals surface area contributed by atoms with Gasteiger partial charge in [-0.15, -0.1) is 0 Å². The van der Waals surface area contributed by atoms with Crippen LogP contribution in [-0.2, 0) is 4.43 Å². The van der Waals surface area contributed by atoms with Crippen LogP contribution in [0, 0.1) is 11.8 Å². The van der Waals surface area contributed by atoms with E-state index in [9.17, 15) is 0 Å². The fourth-order valence-electron chi connectivity index (χ4n) is 4.22. The Kier molecular flexibility index (Phi) is 6.01. The molecule has 1 saturated carbocycles. The van der Waals surface area contributed by atoms with E-state index in [4.69, 9.17) is 9.53 Å². The van der Waals surface area contributed by atoms with Crippen molar-refractivity contribution >= 4 is 18.7 Å². The highest BCUT2D eigenvalue weighted by atomic mass is 28.4. The Morgan fingerprint density at radius 3 is 1.92 bits per heavy atom. The predicted molar refractivity (Wildman–Crippen MR) is 111 cm³/mol. The van der Waals surface area contributed by atoms with Gasteiger partial charge < -0.3 is 9.53 Å². The zero-order valence-corrected chi connectivity index (χ0v) is 17.3.